The first-order valence-corrected chi connectivity index (χ1v) is 9.02. The highest BCUT2D eigenvalue weighted by Crippen LogP contribution is 2.31. The maximum atomic E-state index is 12.3. The fourth-order valence-corrected chi connectivity index (χ4v) is 2.80. The van der Waals surface area contributed by atoms with E-state index in [0.29, 0.717) is 43.1 Å². The number of hydrogen-bond donors (Lipinski definition) is 1. The Kier molecular flexibility index (Phi) is 6.26. The summed E-state index contributed by atoms with van der Waals surface area (Å²) in [7, 11) is 0. The number of benzene rings is 2. The van der Waals surface area contributed by atoms with Gasteiger partial charge >= 0.3 is 0 Å². The van der Waals surface area contributed by atoms with Gasteiger partial charge < -0.3 is 19.3 Å². The third kappa shape index (κ3) is 4.84. The Morgan fingerprint density at radius 1 is 1.15 bits per heavy atom. The van der Waals surface area contributed by atoms with Crippen molar-refractivity contribution in [2.75, 3.05) is 13.2 Å². The van der Waals surface area contributed by atoms with Crippen molar-refractivity contribution < 1.29 is 24.1 Å². The van der Waals surface area contributed by atoms with Crippen LogP contribution in [0.2, 0.25) is 0 Å². The van der Waals surface area contributed by atoms with Gasteiger partial charge in [-0.15, -0.1) is 0 Å². The molecule has 0 bridgehead atoms. The summed E-state index contributed by atoms with van der Waals surface area (Å²) >= 11 is 0. The zero-order valence-electron chi connectivity index (χ0n) is 14.9. The lowest BCUT2D eigenvalue weighted by Gasteiger charge is -2.22. The van der Waals surface area contributed by atoms with Crippen LogP contribution >= 0.6 is 0 Å². The van der Waals surface area contributed by atoms with Gasteiger partial charge in [-0.3, -0.25) is 4.79 Å². The number of phenolic OH excluding ortho intramolecular Hbond substituents is 1. The van der Waals surface area contributed by atoms with E-state index in [1.165, 1.54) is 0 Å². The van der Waals surface area contributed by atoms with Gasteiger partial charge in [0.05, 0.1) is 13.2 Å². The molecule has 2 aromatic rings. The molecule has 1 N–H and O–H groups in total. The van der Waals surface area contributed by atoms with Gasteiger partial charge in [0.15, 0.2) is 23.6 Å². The molecule has 26 heavy (non-hydrogen) atoms. The Labute approximate surface area is 153 Å². The first-order valence-electron chi connectivity index (χ1n) is 9.02. The number of carbonyl (C=O) groups is 1. The van der Waals surface area contributed by atoms with Gasteiger partial charge in [-0.25, -0.2) is 0 Å². The van der Waals surface area contributed by atoms with Gasteiger partial charge in [-0.05, 0) is 54.8 Å². The molecule has 1 aliphatic rings. The van der Waals surface area contributed by atoms with Crippen molar-refractivity contribution in [3.63, 3.8) is 0 Å². The third-order valence-corrected chi connectivity index (χ3v) is 4.34. The second kappa shape index (κ2) is 8.83. The first-order chi connectivity index (χ1) is 12.7. The predicted molar refractivity (Wildman–Crippen MR) is 97.9 cm³/mol. The molecule has 0 amide bonds. The van der Waals surface area contributed by atoms with Crippen molar-refractivity contribution in [1.82, 2.24) is 0 Å². The zero-order valence-corrected chi connectivity index (χ0v) is 14.9. The number of ether oxygens (including phenoxy) is 3. The molecule has 0 radical (unpaired) electrons. The van der Waals surface area contributed by atoms with E-state index < -0.39 is 0 Å². The molecule has 1 heterocycles. The first kappa shape index (κ1) is 18.4. The lowest BCUT2D eigenvalue weighted by atomic mass is 10.1. The highest BCUT2D eigenvalue weighted by molar-refractivity contribution is 5.96. The molecule has 0 unspecified atom stereocenters. The van der Waals surface area contributed by atoms with Gasteiger partial charge in [-0.2, -0.15) is 0 Å². The number of rotatable bonds is 7. The number of aromatic hydroxyl groups is 1. The van der Waals surface area contributed by atoms with E-state index >= 15 is 0 Å². The topological polar surface area (TPSA) is 65.0 Å². The average molecular weight is 356 g/mol. The van der Waals surface area contributed by atoms with Crippen LogP contribution in [0, 0.1) is 0 Å². The summed E-state index contributed by atoms with van der Waals surface area (Å²) in [5.74, 6) is 1.12. The van der Waals surface area contributed by atoms with E-state index in [9.17, 15) is 9.90 Å². The molecule has 3 rings (SSSR count). The minimum absolute atomic E-state index is 0.0458. The second-order valence-electron chi connectivity index (χ2n) is 6.27. The van der Waals surface area contributed by atoms with Crippen molar-refractivity contribution in [3.8, 4) is 17.2 Å². The normalized spacial score (nSPS) is 15.0. The summed E-state index contributed by atoms with van der Waals surface area (Å²) in [5.41, 5.74) is 1.67. The van der Waals surface area contributed by atoms with Gasteiger partial charge in [-0.1, -0.05) is 13.0 Å². The Balaban J connectivity index is 1.56. The molecule has 138 valence electrons. The number of Topliss-reactive ketones (excluding diaryl/α,β-unsaturated/α-hetero) is 1. The molecule has 1 aliphatic heterocycles. The molecule has 5 heteroatoms. The fraction of sp³-hybridized carbons (Fsp3) is 0.381. The quantitative estimate of drug-likeness (QED) is 0.741. The molecule has 0 atom stereocenters. The number of aryl methyl sites for hydroxylation is 1. The molecular weight excluding hydrogens is 332 g/mol. The molecule has 1 fully saturated rings. The maximum absolute atomic E-state index is 12.3. The maximum Gasteiger partial charge on any atom is 0.169 e. The molecule has 0 saturated carbocycles. The van der Waals surface area contributed by atoms with Crippen LogP contribution in [-0.4, -0.2) is 30.4 Å². The van der Waals surface area contributed by atoms with Crippen LogP contribution in [0.5, 0.6) is 17.2 Å². The molecule has 0 aromatic heterocycles. The van der Waals surface area contributed by atoms with Gasteiger partial charge in [0, 0.05) is 18.4 Å². The standard InChI is InChI=1S/C21H24O5/c1-2-15-4-10-20(19(23)14-15)26-17-7-5-16(6-8-17)18(22)9-11-21-24-12-3-13-25-21/h4-8,10,14,21,23H,2-3,9,11-13H2,1H3. The van der Waals surface area contributed by atoms with Crippen LogP contribution in [-0.2, 0) is 15.9 Å². The van der Waals surface area contributed by atoms with Crippen molar-refractivity contribution in [2.24, 2.45) is 0 Å². The predicted octanol–water partition coefficient (Wildman–Crippen LogP) is 4.47. The molecule has 0 spiro atoms. The minimum atomic E-state index is -0.274. The Morgan fingerprint density at radius 2 is 1.88 bits per heavy atom. The van der Waals surface area contributed by atoms with Crippen LogP contribution in [0.3, 0.4) is 0 Å². The highest BCUT2D eigenvalue weighted by Gasteiger charge is 2.16. The summed E-state index contributed by atoms with van der Waals surface area (Å²) in [4.78, 5) is 12.3. The molecule has 5 nitrogen and oxygen atoms in total. The Morgan fingerprint density at radius 3 is 2.54 bits per heavy atom. The summed E-state index contributed by atoms with van der Waals surface area (Å²) in [6.07, 6.45) is 2.42. The molecular formula is C21H24O5. The van der Waals surface area contributed by atoms with E-state index in [2.05, 4.69) is 0 Å². The van der Waals surface area contributed by atoms with Gasteiger partial charge in [0.25, 0.3) is 0 Å². The van der Waals surface area contributed by atoms with E-state index in [1.807, 2.05) is 13.0 Å². The number of carbonyl (C=O) groups excluding carboxylic acids is 1. The highest BCUT2D eigenvalue weighted by atomic mass is 16.7. The lowest BCUT2D eigenvalue weighted by molar-refractivity contribution is -0.180. The SMILES string of the molecule is CCc1ccc(Oc2ccc(C(=O)CCC3OCCCO3)cc2)c(O)c1. The van der Waals surface area contributed by atoms with Gasteiger partial charge in [0.2, 0.25) is 0 Å². The third-order valence-electron chi connectivity index (χ3n) is 4.34. The van der Waals surface area contributed by atoms with E-state index in [0.717, 1.165) is 18.4 Å². The van der Waals surface area contributed by atoms with Crippen molar-refractivity contribution >= 4 is 5.78 Å². The number of phenols is 1. The summed E-state index contributed by atoms with van der Waals surface area (Å²) < 4.78 is 16.6. The van der Waals surface area contributed by atoms with Crippen molar-refractivity contribution in [2.45, 2.75) is 38.9 Å². The summed E-state index contributed by atoms with van der Waals surface area (Å²) in [6, 6.07) is 12.3. The van der Waals surface area contributed by atoms with Crippen LogP contribution in [0.4, 0.5) is 0 Å². The van der Waals surface area contributed by atoms with Crippen molar-refractivity contribution in [1.29, 1.82) is 0 Å². The monoisotopic (exact) mass is 356 g/mol. The van der Waals surface area contributed by atoms with E-state index in [4.69, 9.17) is 14.2 Å². The minimum Gasteiger partial charge on any atom is -0.504 e. The van der Waals surface area contributed by atoms with Crippen molar-refractivity contribution in [3.05, 3.63) is 53.6 Å². The largest absolute Gasteiger partial charge is 0.504 e. The lowest BCUT2D eigenvalue weighted by Crippen LogP contribution is -2.25. The Hall–Kier alpha value is -2.37. The molecule has 0 aliphatic carbocycles. The Bertz CT molecular complexity index is 733. The van der Waals surface area contributed by atoms with Crippen LogP contribution in [0.1, 0.15) is 42.1 Å². The van der Waals surface area contributed by atoms with Crippen LogP contribution < -0.4 is 4.74 Å². The van der Waals surface area contributed by atoms with Crippen LogP contribution in [0.25, 0.3) is 0 Å². The number of hydrogen-bond acceptors (Lipinski definition) is 5. The molecule has 1 saturated heterocycles. The van der Waals surface area contributed by atoms with Gasteiger partial charge in [0.1, 0.15) is 5.75 Å². The smallest absolute Gasteiger partial charge is 0.169 e. The second-order valence-corrected chi connectivity index (χ2v) is 6.27. The fourth-order valence-electron chi connectivity index (χ4n) is 2.80. The zero-order chi connectivity index (χ0) is 18.4. The summed E-state index contributed by atoms with van der Waals surface area (Å²) in [6.45, 7) is 3.41. The molecule has 2 aromatic carbocycles. The summed E-state index contributed by atoms with van der Waals surface area (Å²) in [5, 5.41) is 10.0. The van der Waals surface area contributed by atoms with E-state index in [-0.39, 0.29) is 17.8 Å². The average Bonchev–Trinajstić information content (AvgIpc) is 2.69. The van der Waals surface area contributed by atoms with E-state index in [1.54, 1.807) is 36.4 Å². The number of ketones is 1. The van der Waals surface area contributed by atoms with Crippen LogP contribution in [0.15, 0.2) is 42.5 Å².